The predicted molar refractivity (Wildman–Crippen MR) is 72.1 cm³/mol. The van der Waals surface area contributed by atoms with Crippen LogP contribution in [0.15, 0.2) is 12.2 Å². The zero-order chi connectivity index (χ0) is 12.7. The van der Waals surface area contributed by atoms with Gasteiger partial charge in [0.2, 0.25) is 0 Å². The van der Waals surface area contributed by atoms with Crippen molar-refractivity contribution in [2.75, 3.05) is 18.5 Å². The highest BCUT2D eigenvalue weighted by molar-refractivity contribution is 5.85. The standard InChI is InChI=1S/C15H18N2O/c1-10-12-5-3-4-6-13(12)16-14-8-7-11(18)9-17(2)15(10)14/h3-4H,5-9H2,1-2H3. The van der Waals surface area contributed by atoms with Crippen LogP contribution in [-0.4, -0.2) is 24.4 Å². The lowest BCUT2D eigenvalue weighted by Crippen LogP contribution is -2.25. The first-order valence-electron chi connectivity index (χ1n) is 6.56. The van der Waals surface area contributed by atoms with Crippen LogP contribution in [-0.2, 0) is 24.1 Å². The average Bonchev–Trinajstić information content (AvgIpc) is 2.49. The fourth-order valence-electron chi connectivity index (χ4n) is 3.06. The lowest BCUT2D eigenvalue weighted by atomic mass is 9.94. The summed E-state index contributed by atoms with van der Waals surface area (Å²) in [6, 6.07) is 0. The molecule has 0 unspecified atom stereocenters. The van der Waals surface area contributed by atoms with Gasteiger partial charge < -0.3 is 4.90 Å². The Balaban J connectivity index is 2.16. The summed E-state index contributed by atoms with van der Waals surface area (Å²) in [4.78, 5) is 18.6. The molecule has 0 amide bonds. The molecule has 0 N–H and O–H groups in total. The second-order valence-corrected chi connectivity index (χ2v) is 5.23. The normalized spacial score (nSPS) is 18.3. The summed E-state index contributed by atoms with van der Waals surface area (Å²) in [6.45, 7) is 2.69. The van der Waals surface area contributed by atoms with Crippen LogP contribution in [0, 0.1) is 6.92 Å². The Kier molecular flexibility index (Phi) is 2.69. The van der Waals surface area contributed by atoms with E-state index >= 15 is 0 Å². The lowest BCUT2D eigenvalue weighted by molar-refractivity contribution is -0.117. The van der Waals surface area contributed by atoms with Gasteiger partial charge in [-0.3, -0.25) is 9.78 Å². The molecule has 0 atom stereocenters. The third-order valence-corrected chi connectivity index (χ3v) is 3.94. The van der Waals surface area contributed by atoms with Gasteiger partial charge in [0.15, 0.2) is 5.78 Å². The van der Waals surface area contributed by atoms with Gasteiger partial charge in [0.05, 0.1) is 17.9 Å². The minimum Gasteiger partial charge on any atom is -0.366 e. The van der Waals surface area contributed by atoms with Crippen molar-refractivity contribution in [3.63, 3.8) is 0 Å². The Labute approximate surface area is 108 Å². The lowest BCUT2D eigenvalue weighted by Gasteiger charge is -2.25. The zero-order valence-electron chi connectivity index (χ0n) is 11.0. The number of fused-ring (bicyclic) bond motifs is 2. The number of rotatable bonds is 0. The minimum atomic E-state index is 0.311. The van der Waals surface area contributed by atoms with Crippen LogP contribution in [0.1, 0.15) is 28.9 Å². The minimum absolute atomic E-state index is 0.311. The molecule has 0 fully saturated rings. The number of hydrogen-bond acceptors (Lipinski definition) is 3. The summed E-state index contributed by atoms with van der Waals surface area (Å²) >= 11 is 0. The molecule has 3 nitrogen and oxygen atoms in total. The molecular weight excluding hydrogens is 224 g/mol. The highest BCUT2D eigenvalue weighted by atomic mass is 16.1. The molecule has 0 radical (unpaired) electrons. The molecule has 1 aliphatic heterocycles. The number of aromatic nitrogens is 1. The molecule has 3 heteroatoms. The van der Waals surface area contributed by atoms with Crippen molar-refractivity contribution in [1.29, 1.82) is 0 Å². The van der Waals surface area contributed by atoms with Crippen LogP contribution in [0.2, 0.25) is 0 Å². The maximum absolute atomic E-state index is 11.7. The van der Waals surface area contributed by atoms with Gasteiger partial charge in [-0.25, -0.2) is 0 Å². The second-order valence-electron chi connectivity index (χ2n) is 5.23. The monoisotopic (exact) mass is 242 g/mol. The van der Waals surface area contributed by atoms with Crippen molar-refractivity contribution in [2.45, 2.75) is 32.6 Å². The number of likely N-dealkylation sites (N-methyl/N-ethyl adjacent to an activating group) is 1. The quantitative estimate of drug-likeness (QED) is 0.652. The maximum Gasteiger partial charge on any atom is 0.152 e. The van der Waals surface area contributed by atoms with E-state index in [-0.39, 0.29) is 0 Å². The van der Waals surface area contributed by atoms with Gasteiger partial charge in [0, 0.05) is 25.6 Å². The van der Waals surface area contributed by atoms with Crippen LogP contribution in [0.4, 0.5) is 5.69 Å². The van der Waals surface area contributed by atoms with E-state index in [2.05, 4.69) is 24.0 Å². The van der Waals surface area contributed by atoms with Crippen LogP contribution in [0.3, 0.4) is 0 Å². The number of ketones is 1. The molecule has 0 aromatic carbocycles. The third-order valence-electron chi connectivity index (χ3n) is 3.94. The Bertz CT molecular complexity index is 546. The Morgan fingerprint density at radius 2 is 1.94 bits per heavy atom. The van der Waals surface area contributed by atoms with E-state index < -0.39 is 0 Å². The zero-order valence-corrected chi connectivity index (χ0v) is 11.0. The molecule has 1 aliphatic carbocycles. The molecule has 2 aliphatic rings. The van der Waals surface area contributed by atoms with Gasteiger partial charge in [-0.1, -0.05) is 12.2 Å². The first kappa shape index (κ1) is 11.5. The van der Waals surface area contributed by atoms with Gasteiger partial charge in [0.25, 0.3) is 0 Å². The fourth-order valence-corrected chi connectivity index (χ4v) is 3.06. The van der Waals surface area contributed by atoms with Crippen molar-refractivity contribution in [3.05, 3.63) is 34.7 Å². The number of carbonyl (C=O) groups excluding carboxylic acids is 1. The molecule has 0 bridgehead atoms. The highest BCUT2D eigenvalue weighted by Gasteiger charge is 2.23. The molecule has 0 saturated heterocycles. The van der Waals surface area contributed by atoms with E-state index in [1.54, 1.807) is 0 Å². The second kappa shape index (κ2) is 4.23. The van der Waals surface area contributed by atoms with Gasteiger partial charge in [-0.05, 0) is 30.9 Å². The first-order chi connectivity index (χ1) is 8.66. The van der Waals surface area contributed by atoms with Crippen LogP contribution in [0.25, 0.3) is 0 Å². The average molecular weight is 242 g/mol. The van der Waals surface area contributed by atoms with E-state index in [0.717, 1.165) is 25.0 Å². The van der Waals surface area contributed by atoms with Crippen LogP contribution >= 0.6 is 0 Å². The number of nitrogens with zero attached hydrogens (tertiary/aromatic N) is 2. The molecule has 0 saturated carbocycles. The van der Waals surface area contributed by atoms with Gasteiger partial charge in [-0.2, -0.15) is 0 Å². The summed E-state index contributed by atoms with van der Waals surface area (Å²) < 4.78 is 0. The largest absolute Gasteiger partial charge is 0.366 e. The molecular formula is C15H18N2O. The Morgan fingerprint density at radius 3 is 2.78 bits per heavy atom. The van der Waals surface area contributed by atoms with Crippen LogP contribution in [0.5, 0.6) is 0 Å². The summed E-state index contributed by atoms with van der Waals surface area (Å²) in [6.07, 6.45) is 7.72. The molecule has 0 spiro atoms. The van der Waals surface area contributed by atoms with Crippen molar-refractivity contribution >= 4 is 11.5 Å². The van der Waals surface area contributed by atoms with Gasteiger partial charge in [-0.15, -0.1) is 0 Å². The van der Waals surface area contributed by atoms with E-state index in [1.165, 1.54) is 22.5 Å². The molecule has 18 heavy (non-hydrogen) atoms. The van der Waals surface area contributed by atoms with Crippen molar-refractivity contribution in [1.82, 2.24) is 4.98 Å². The predicted octanol–water partition coefficient (Wildman–Crippen LogP) is 2.00. The summed E-state index contributed by atoms with van der Waals surface area (Å²) in [7, 11) is 2.00. The van der Waals surface area contributed by atoms with Gasteiger partial charge in [0.1, 0.15) is 0 Å². The van der Waals surface area contributed by atoms with E-state index in [1.807, 2.05) is 7.05 Å². The number of allylic oxidation sites excluding steroid dienone is 2. The van der Waals surface area contributed by atoms with E-state index in [4.69, 9.17) is 4.98 Å². The van der Waals surface area contributed by atoms with Crippen molar-refractivity contribution in [3.8, 4) is 0 Å². The number of carbonyl (C=O) groups is 1. The van der Waals surface area contributed by atoms with Crippen molar-refractivity contribution in [2.24, 2.45) is 0 Å². The SMILES string of the molecule is Cc1c2c(nc3c1N(C)CC(=O)CC3)CC=CC2. The van der Waals surface area contributed by atoms with E-state index in [9.17, 15) is 4.79 Å². The van der Waals surface area contributed by atoms with E-state index in [0.29, 0.717) is 18.7 Å². The highest BCUT2D eigenvalue weighted by Crippen LogP contribution is 2.32. The smallest absolute Gasteiger partial charge is 0.152 e. The fraction of sp³-hybridized carbons (Fsp3) is 0.467. The molecule has 3 rings (SSSR count). The third kappa shape index (κ3) is 1.74. The first-order valence-corrected chi connectivity index (χ1v) is 6.56. The van der Waals surface area contributed by atoms with Crippen LogP contribution < -0.4 is 4.90 Å². The number of aryl methyl sites for hydroxylation is 1. The molecule has 1 aromatic rings. The maximum atomic E-state index is 11.7. The van der Waals surface area contributed by atoms with Gasteiger partial charge >= 0.3 is 0 Å². The molecule has 94 valence electrons. The topological polar surface area (TPSA) is 33.2 Å². The number of Topliss-reactive ketones (excluding diaryl/α,β-unsaturated/α-hetero) is 1. The molecule has 1 aromatic heterocycles. The van der Waals surface area contributed by atoms with Crippen molar-refractivity contribution < 1.29 is 4.79 Å². The Hall–Kier alpha value is -1.64. The summed E-state index contributed by atoms with van der Waals surface area (Å²) in [5.74, 6) is 0.311. The summed E-state index contributed by atoms with van der Waals surface area (Å²) in [5.41, 5.74) is 6.18. The molecule has 2 heterocycles. The number of pyridine rings is 1. The number of anilines is 1. The number of hydrogen-bond donors (Lipinski definition) is 0. The summed E-state index contributed by atoms with van der Waals surface area (Å²) in [5, 5.41) is 0. The Morgan fingerprint density at radius 1 is 1.17 bits per heavy atom.